The van der Waals surface area contributed by atoms with Crippen LogP contribution >= 0.6 is 11.8 Å². The zero-order valence-corrected chi connectivity index (χ0v) is 16.7. The first-order chi connectivity index (χ1) is 14.2. The van der Waals surface area contributed by atoms with E-state index in [4.69, 9.17) is 4.42 Å². The minimum absolute atomic E-state index is 0.00999. The number of carbonyl (C=O) groups is 2. The molecule has 1 N–H and O–H groups in total. The summed E-state index contributed by atoms with van der Waals surface area (Å²) in [6, 6.07) is 21.4. The Morgan fingerprint density at radius 3 is 2.66 bits per heavy atom. The van der Waals surface area contributed by atoms with Crippen LogP contribution in [0.5, 0.6) is 0 Å². The standard InChI is InChI=1S/C23H22N2O3S/c26-22(24-13-12-17-7-2-1-3-8-17)16-25-18-9-4-5-11-20(18)29-21(15-23(25)27)19-10-6-14-28-19/h1-11,14,21H,12-13,15-16H2,(H,24,26)/t21-/m1/s1. The Balaban J connectivity index is 1.45. The maximum absolute atomic E-state index is 13.0. The third-order valence-electron chi connectivity index (χ3n) is 4.83. The minimum Gasteiger partial charge on any atom is -0.468 e. The van der Waals surface area contributed by atoms with Crippen molar-refractivity contribution >= 4 is 29.3 Å². The molecule has 0 saturated carbocycles. The van der Waals surface area contributed by atoms with Crippen molar-refractivity contribution in [1.29, 1.82) is 0 Å². The summed E-state index contributed by atoms with van der Waals surface area (Å²) in [6.07, 6.45) is 2.66. The Bertz CT molecular complexity index is 973. The molecular weight excluding hydrogens is 384 g/mol. The van der Waals surface area contributed by atoms with Crippen LogP contribution in [0, 0.1) is 0 Å². The fourth-order valence-electron chi connectivity index (χ4n) is 3.37. The smallest absolute Gasteiger partial charge is 0.240 e. The van der Waals surface area contributed by atoms with E-state index < -0.39 is 0 Å². The van der Waals surface area contributed by atoms with Crippen molar-refractivity contribution in [3.05, 3.63) is 84.3 Å². The van der Waals surface area contributed by atoms with E-state index in [1.54, 1.807) is 22.9 Å². The van der Waals surface area contributed by atoms with E-state index in [0.717, 1.165) is 22.8 Å². The van der Waals surface area contributed by atoms with Crippen LogP contribution < -0.4 is 10.2 Å². The molecule has 1 atom stereocenters. The summed E-state index contributed by atoms with van der Waals surface area (Å²) >= 11 is 1.60. The van der Waals surface area contributed by atoms with Crippen LogP contribution in [-0.2, 0) is 16.0 Å². The second kappa shape index (κ2) is 9.01. The average molecular weight is 407 g/mol. The van der Waals surface area contributed by atoms with Gasteiger partial charge in [-0.15, -0.1) is 11.8 Å². The molecule has 29 heavy (non-hydrogen) atoms. The van der Waals surface area contributed by atoms with Crippen LogP contribution in [0.4, 0.5) is 5.69 Å². The molecule has 0 aliphatic carbocycles. The number of carbonyl (C=O) groups excluding carboxylic acids is 2. The summed E-state index contributed by atoms with van der Waals surface area (Å²) in [5.41, 5.74) is 1.94. The Labute approximate surface area is 174 Å². The molecule has 0 fully saturated rings. The summed E-state index contributed by atoms with van der Waals surface area (Å²) in [5, 5.41) is 2.82. The number of hydrogen-bond donors (Lipinski definition) is 1. The van der Waals surface area contributed by atoms with Crippen LogP contribution in [0.1, 0.15) is 23.0 Å². The number of anilines is 1. The Morgan fingerprint density at radius 2 is 1.86 bits per heavy atom. The first kappa shape index (κ1) is 19.3. The third-order valence-corrected chi connectivity index (χ3v) is 6.11. The van der Waals surface area contributed by atoms with Gasteiger partial charge in [0.25, 0.3) is 0 Å². The molecule has 0 saturated heterocycles. The molecule has 0 spiro atoms. The zero-order chi connectivity index (χ0) is 20.1. The molecule has 1 aliphatic heterocycles. The predicted octanol–water partition coefficient (Wildman–Crippen LogP) is 4.21. The SMILES string of the molecule is O=C(CN1C(=O)C[C@H](c2ccco2)Sc2ccccc21)NCCc1ccccc1. The Kier molecular flexibility index (Phi) is 6.00. The topological polar surface area (TPSA) is 62.6 Å². The largest absolute Gasteiger partial charge is 0.468 e. The van der Waals surface area contributed by atoms with E-state index in [1.807, 2.05) is 66.7 Å². The van der Waals surface area contributed by atoms with E-state index in [0.29, 0.717) is 6.54 Å². The molecule has 2 heterocycles. The number of thioether (sulfide) groups is 1. The lowest BCUT2D eigenvalue weighted by molar-refractivity contribution is -0.123. The highest BCUT2D eigenvalue weighted by Crippen LogP contribution is 2.45. The fourth-order valence-corrected chi connectivity index (χ4v) is 4.61. The number of amides is 2. The normalized spacial score (nSPS) is 16.2. The zero-order valence-electron chi connectivity index (χ0n) is 15.9. The summed E-state index contributed by atoms with van der Waals surface area (Å²) in [6.45, 7) is 0.548. The van der Waals surface area contributed by atoms with E-state index in [1.165, 1.54) is 5.56 Å². The van der Waals surface area contributed by atoms with Gasteiger partial charge in [-0.1, -0.05) is 42.5 Å². The van der Waals surface area contributed by atoms with E-state index in [9.17, 15) is 9.59 Å². The van der Waals surface area contributed by atoms with Crippen LogP contribution in [0.2, 0.25) is 0 Å². The van der Waals surface area contributed by atoms with Gasteiger partial charge in [-0.3, -0.25) is 9.59 Å². The highest BCUT2D eigenvalue weighted by molar-refractivity contribution is 7.99. The van der Waals surface area contributed by atoms with Crippen LogP contribution in [0.25, 0.3) is 0 Å². The molecule has 6 heteroatoms. The molecule has 1 aliphatic rings. The van der Waals surface area contributed by atoms with Crippen molar-refractivity contribution in [3.8, 4) is 0 Å². The number of para-hydroxylation sites is 1. The van der Waals surface area contributed by atoms with Gasteiger partial charge < -0.3 is 14.6 Å². The molecule has 0 bridgehead atoms. The first-order valence-corrected chi connectivity index (χ1v) is 10.5. The second-order valence-corrected chi connectivity index (χ2v) is 8.10. The highest BCUT2D eigenvalue weighted by atomic mass is 32.2. The quantitative estimate of drug-likeness (QED) is 0.666. The fraction of sp³-hybridized carbons (Fsp3) is 0.217. The predicted molar refractivity (Wildman–Crippen MR) is 114 cm³/mol. The molecule has 0 radical (unpaired) electrons. The molecule has 5 nitrogen and oxygen atoms in total. The van der Waals surface area contributed by atoms with Gasteiger partial charge in [0.2, 0.25) is 11.8 Å². The van der Waals surface area contributed by atoms with Crippen LogP contribution in [0.15, 0.2) is 82.3 Å². The van der Waals surface area contributed by atoms with Gasteiger partial charge in [0.1, 0.15) is 12.3 Å². The van der Waals surface area contributed by atoms with Crippen LogP contribution in [-0.4, -0.2) is 24.9 Å². The van der Waals surface area contributed by atoms with Gasteiger partial charge in [0, 0.05) is 17.9 Å². The number of nitrogens with zero attached hydrogens (tertiary/aromatic N) is 1. The van der Waals surface area contributed by atoms with Gasteiger partial charge in [0.15, 0.2) is 0 Å². The summed E-state index contributed by atoms with van der Waals surface area (Å²) in [7, 11) is 0. The van der Waals surface area contributed by atoms with E-state index in [-0.39, 0.29) is 30.0 Å². The van der Waals surface area contributed by atoms with Crippen molar-refractivity contribution in [3.63, 3.8) is 0 Å². The van der Waals surface area contributed by atoms with Crippen molar-refractivity contribution < 1.29 is 14.0 Å². The van der Waals surface area contributed by atoms with Gasteiger partial charge in [-0.05, 0) is 36.2 Å². The van der Waals surface area contributed by atoms with Gasteiger partial charge in [-0.25, -0.2) is 0 Å². The number of rotatable bonds is 6. The molecule has 2 amide bonds. The maximum Gasteiger partial charge on any atom is 0.240 e. The number of nitrogens with one attached hydrogen (secondary N) is 1. The second-order valence-electron chi connectivity index (χ2n) is 6.86. The van der Waals surface area contributed by atoms with E-state index in [2.05, 4.69) is 5.32 Å². The van der Waals surface area contributed by atoms with Gasteiger partial charge in [0.05, 0.1) is 17.2 Å². The molecule has 1 aromatic heterocycles. The molecule has 2 aromatic carbocycles. The van der Waals surface area contributed by atoms with E-state index >= 15 is 0 Å². The molecule has 3 aromatic rings. The minimum atomic E-state index is -0.162. The molecule has 0 unspecified atom stereocenters. The van der Waals surface area contributed by atoms with Crippen LogP contribution in [0.3, 0.4) is 0 Å². The van der Waals surface area contributed by atoms with Gasteiger partial charge in [-0.2, -0.15) is 0 Å². The summed E-state index contributed by atoms with van der Waals surface area (Å²) in [5.74, 6) is 0.528. The Hall–Kier alpha value is -2.99. The number of hydrogen-bond acceptors (Lipinski definition) is 4. The lowest BCUT2D eigenvalue weighted by atomic mass is 10.1. The third kappa shape index (κ3) is 4.71. The van der Waals surface area contributed by atoms with Crippen molar-refractivity contribution in [1.82, 2.24) is 5.32 Å². The molecule has 4 rings (SSSR count). The highest BCUT2D eigenvalue weighted by Gasteiger charge is 2.31. The van der Waals surface area contributed by atoms with Crippen molar-refractivity contribution in [2.75, 3.05) is 18.0 Å². The summed E-state index contributed by atoms with van der Waals surface area (Å²) in [4.78, 5) is 28.1. The van der Waals surface area contributed by atoms with Gasteiger partial charge >= 0.3 is 0 Å². The average Bonchev–Trinajstić information content (AvgIpc) is 3.23. The lowest BCUT2D eigenvalue weighted by Crippen LogP contribution is -2.41. The number of benzene rings is 2. The lowest BCUT2D eigenvalue weighted by Gasteiger charge is -2.22. The summed E-state index contributed by atoms with van der Waals surface area (Å²) < 4.78 is 5.53. The van der Waals surface area contributed by atoms with Crippen molar-refractivity contribution in [2.45, 2.75) is 23.0 Å². The molecular formula is C23H22N2O3S. The maximum atomic E-state index is 13.0. The first-order valence-electron chi connectivity index (χ1n) is 9.61. The van der Waals surface area contributed by atoms with Crippen molar-refractivity contribution in [2.24, 2.45) is 0 Å². The monoisotopic (exact) mass is 406 g/mol. The molecule has 148 valence electrons. The number of fused-ring (bicyclic) bond motifs is 1. The number of furan rings is 1. The Morgan fingerprint density at radius 1 is 1.07 bits per heavy atom.